The fourth-order valence-corrected chi connectivity index (χ4v) is 2.55. The summed E-state index contributed by atoms with van der Waals surface area (Å²) in [6.07, 6.45) is 3.01. The molecule has 0 bridgehead atoms. The molecule has 3 rings (SSSR count). The monoisotopic (exact) mass is 327 g/mol. The van der Waals surface area contributed by atoms with E-state index in [2.05, 4.69) is 10.3 Å². The molecule has 5 N–H and O–H groups in total. The smallest absolute Gasteiger partial charge is 0.534 e. The van der Waals surface area contributed by atoms with Crippen LogP contribution in [0.2, 0.25) is 0 Å². The molecule has 0 radical (unpaired) electrons. The van der Waals surface area contributed by atoms with Gasteiger partial charge >= 0.3 is 13.1 Å². The van der Waals surface area contributed by atoms with Crippen LogP contribution in [0.25, 0.3) is 0 Å². The van der Waals surface area contributed by atoms with Crippen LogP contribution in [0.4, 0.5) is 5.69 Å². The third kappa shape index (κ3) is 3.02. The second-order valence-electron chi connectivity index (χ2n) is 5.40. The van der Waals surface area contributed by atoms with Crippen LogP contribution >= 0.6 is 0 Å². The van der Waals surface area contributed by atoms with E-state index < -0.39 is 24.9 Å². The Morgan fingerprint density at radius 2 is 2.17 bits per heavy atom. The van der Waals surface area contributed by atoms with Crippen LogP contribution in [0.3, 0.4) is 0 Å². The molecule has 1 aliphatic rings. The maximum atomic E-state index is 12.2. The van der Waals surface area contributed by atoms with Gasteiger partial charge in [-0.1, -0.05) is 12.1 Å². The Hall–Kier alpha value is -3.07. The number of nitrogens with two attached hydrogens (primary N) is 1. The number of carbonyl (C=O) groups excluding carboxylic acids is 1. The number of anilines is 1. The topological polar surface area (TPSA) is 135 Å². The normalized spacial score (nSPS) is 16.0. The highest BCUT2D eigenvalue weighted by atomic mass is 16.5. The van der Waals surface area contributed by atoms with E-state index in [4.69, 9.17) is 15.5 Å². The first-order valence-electron chi connectivity index (χ1n) is 7.17. The average Bonchev–Trinajstić information content (AvgIpc) is 2.54. The lowest BCUT2D eigenvalue weighted by Gasteiger charge is -2.28. The van der Waals surface area contributed by atoms with Crippen LogP contribution in [-0.4, -0.2) is 40.1 Å². The van der Waals surface area contributed by atoms with E-state index in [-0.39, 0.29) is 23.3 Å². The lowest BCUT2D eigenvalue weighted by molar-refractivity contribution is 0.0693. The molecule has 1 amide bonds. The number of aromatic nitrogens is 1. The van der Waals surface area contributed by atoms with Gasteiger partial charge < -0.3 is 25.8 Å². The fourth-order valence-electron chi connectivity index (χ4n) is 2.55. The first-order chi connectivity index (χ1) is 11.5. The molecule has 9 heteroatoms. The number of nitrogens with one attached hydrogen (secondary N) is 1. The zero-order chi connectivity index (χ0) is 17.3. The molecule has 1 aliphatic heterocycles. The van der Waals surface area contributed by atoms with Crippen molar-refractivity contribution >= 4 is 24.7 Å². The lowest BCUT2D eigenvalue weighted by Crippen LogP contribution is -2.53. The van der Waals surface area contributed by atoms with E-state index in [0.29, 0.717) is 11.3 Å². The van der Waals surface area contributed by atoms with E-state index >= 15 is 0 Å². The number of pyridine rings is 1. The van der Waals surface area contributed by atoms with Crippen molar-refractivity contribution in [3.05, 3.63) is 53.3 Å². The third-order valence-electron chi connectivity index (χ3n) is 3.69. The predicted molar refractivity (Wildman–Crippen MR) is 85.6 cm³/mol. The molecule has 1 aromatic carbocycles. The van der Waals surface area contributed by atoms with Gasteiger partial charge in [-0.25, -0.2) is 4.79 Å². The van der Waals surface area contributed by atoms with Gasteiger partial charge in [0.05, 0.1) is 22.8 Å². The molecule has 122 valence electrons. The maximum absolute atomic E-state index is 12.2. The average molecular weight is 327 g/mol. The van der Waals surface area contributed by atoms with Gasteiger partial charge in [0, 0.05) is 12.4 Å². The largest absolute Gasteiger partial charge is 0.547 e. The number of amides is 1. The van der Waals surface area contributed by atoms with Crippen molar-refractivity contribution in [1.29, 1.82) is 0 Å². The Bertz CT molecular complexity index is 813. The SMILES string of the molecule is Nc1cncc(C(=O)N[C@H]2Cc3cccc(C(=O)O)c3OB2O)c1. The molecule has 8 nitrogen and oxygen atoms in total. The number of hydrogen-bond acceptors (Lipinski definition) is 6. The molecule has 1 aromatic heterocycles. The number of nitrogen functional groups attached to an aromatic ring is 1. The molecule has 0 fully saturated rings. The summed E-state index contributed by atoms with van der Waals surface area (Å²) in [7, 11) is -1.36. The molecule has 0 unspecified atom stereocenters. The van der Waals surface area contributed by atoms with Crippen LogP contribution in [0.5, 0.6) is 5.75 Å². The van der Waals surface area contributed by atoms with E-state index in [1.807, 2.05) is 0 Å². The second-order valence-corrected chi connectivity index (χ2v) is 5.40. The zero-order valence-corrected chi connectivity index (χ0v) is 12.5. The highest BCUT2D eigenvalue weighted by molar-refractivity contribution is 6.47. The first-order valence-corrected chi connectivity index (χ1v) is 7.17. The summed E-state index contributed by atoms with van der Waals surface area (Å²) >= 11 is 0. The number of benzene rings is 1. The van der Waals surface area contributed by atoms with Crippen molar-refractivity contribution in [2.45, 2.75) is 12.4 Å². The number of carboxylic acids is 1. The Morgan fingerprint density at radius 1 is 1.38 bits per heavy atom. The summed E-state index contributed by atoms with van der Waals surface area (Å²) in [6.45, 7) is 0. The number of carboxylic acid groups (broad SMARTS) is 1. The Balaban J connectivity index is 1.81. The molecular weight excluding hydrogens is 313 g/mol. The van der Waals surface area contributed by atoms with Gasteiger partial charge in [0.2, 0.25) is 0 Å². The van der Waals surface area contributed by atoms with Crippen LogP contribution in [-0.2, 0) is 6.42 Å². The van der Waals surface area contributed by atoms with Crippen molar-refractivity contribution < 1.29 is 24.4 Å². The van der Waals surface area contributed by atoms with Crippen LogP contribution in [0.1, 0.15) is 26.3 Å². The van der Waals surface area contributed by atoms with E-state index in [0.717, 1.165) is 0 Å². The lowest BCUT2D eigenvalue weighted by atomic mass is 9.72. The summed E-state index contributed by atoms with van der Waals surface area (Å²) < 4.78 is 5.32. The van der Waals surface area contributed by atoms with Crippen LogP contribution in [0, 0.1) is 0 Å². The minimum absolute atomic E-state index is 0.0311. The van der Waals surface area contributed by atoms with Gasteiger partial charge in [-0.05, 0) is 24.1 Å². The predicted octanol–water partition coefficient (Wildman–Crippen LogP) is 0.115. The third-order valence-corrected chi connectivity index (χ3v) is 3.69. The van der Waals surface area contributed by atoms with Crippen LogP contribution in [0.15, 0.2) is 36.7 Å². The van der Waals surface area contributed by atoms with Crippen molar-refractivity contribution in [3.63, 3.8) is 0 Å². The van der Waals surface area contributed by atoms with Crippen molar-refractivity contribution in [1.82, 2.24) is 10.3 Å². The quantitative estimate of drug-likeness (QED) is 0.588. The summed E-state index contributed by atoms with van der Waals surface area (Å²) in [5, 5.41) is 21.9. The zero-order valence-electron chi connectivity index (χ0n) is 12.5. The van der Waals surface area contributed by atoms with Gasteiger partial charge in [-0.2, -0.15) is 0 Å². The summed E-state index contributed by atoms with van der Waals surface area (Å²) in [5.74, 6) is -2.21. The van der Waals surface area contributed by atoms with E-state index in [9.17, 15) is 14.6 Å². The number of fused-ring (bicyclic) bond motifs is 1. The fraction of sp³-hybridized carbons (Fsp3) is 0.133. The molecule has 0 aliphatic carbocycles. The molecule has 0 saturated heterocycles. The van der Waals surface area contributed by atoms with Crippen molar-refractivity contribution in [2.24, 2.45) is 0 Å². The Kier molecular flexibility index (Phi) is 4.09. The number of hydrogen-bond donors (Lipinski definition) is 4. The Labute approximate surface area is 137 Å². The molecule has 24 heavy (non-hydrogen) atoms. The minimum atomic E-state index is -1.36. The van der Waals surface area contributed by atoms with E-state index in [1.165, 1.54) is 24.5 Å². The van der Waals surface area contributed by atoms with Crippen molar-refractivity contribution in [2.75, 3.05) is 5.73 Å². The number of nitrogens with zero attached hydrogens (tertiary/aromatic N) is 1. The molecule has 2 heterocycles. The van der Waals surface area contributed by atoms with Gasteiger partial charge in [-0.3, -0.25) is 9.78 Å². The summed E-state index contributed by atoms with van der Waals surface area (Å²) in [4.78, 5) is 27.3. The van der Waals surface area contributed by atoms with Gasteiger partial charge in [0.25, 0.3) is 5.91 Å². The van der Waals surface area contributed by atoms with Gasteiger partial charge in [0.15, 0.2) is 0 Å². The number of rotatable bonds is 3. The van der Waals surface area contributed by atoms with Gasteiger partial charge in [-0.15, -0.1) is 0 Å². The second kappa shape index (κ2) is 6.21. The van der Waals surface area contributed by atoms with Crippen molar-refractivity contribution in [3.8, 4) is 5.75 Å². The number of aromatic carboxylic acids is 1. The first kappa shape index (κ1) is 15.8. The summed E-state index contributed by atoms with van der Waals surface area (Å²) in [6, 6.07) is 6.14. The minimum Gasteiger partial charge on any atom is -0.534 e. The highest BCUT2D eigenvalue weighted by Gasteiger charge is 2.37. The summed E-state index contributed by atoms with van der Waals surface area (Å²) in [5.41, 5.74) is 6.76. The Morgan fingerprint density at radius 3 is 2.88 bits per heavy atom. The number of carbonyl (C=O) groups is 2. The molecule has 0 saturated carbocycles. The maximum Gasteiger partial charge on any atom is 0.547 e. The molecule has 1 atom stereocenters. The standard InChI is InChI=1S/C15H14BN3O5/c17-10-4-9(6-18-7-10)14(20)19-12-5-8-2-1-3-11(15(21)22)13(8)24-16(12)23/h1-4,6-7,12,23H,5,17H2,(H,19,20)(H,21,22)/t12-/m0/s1. The molecular formula is C15H14BN3O5. The van der Waals surface area contributed by atoms with E-state index in [1.54, 1.807) is 12.1 Å². The molecule has 0 spiro atoms. The van der Waals surface area contributed by atoms with Crippen LogP contribution < -0.4 is 15.7 Å². The highest BCUT2D eigenvalue weighted by Crippen LogP contribution is 2.30. The molecule has 2 aromatic rings. The van der Waals surface area contributed by atoms with Gasteiger partial charge in [0.1, 0.15) is 5.75 Å². The number of para-hydroxylation sites is 1.